The number of hydrogen-bond donors (Lipinski definition) is 0. The van der Waals surface area contributed by atoms with E-state index >= 15 is 0 Å². The molecule has 0 atom stereocenters. The maximum atomic E-state index is 6.73. The van der Waals surface area contributed by atoms with Gasteiger partial charge in [-0.3, -0.25) is 0 Å². The fraction of sp³-hybridized carbons (Fsp3) is 0. The lowest BCUT2D eigenvalue weighted by Crippen LogP contribution is -1.94. The van der Waals surface area contributed by atoms with Crippen LogP contribution in [0.1, 0.15) is 0 Å². The SMILES string of the molecule is c1ccc(-c2ccc(-c3ccccc3-c3c4ccccc4c(-c4cc5cccc6oc7c(-c8ccccc8)ccc4c7c56)c4ccccc34)cc2)cc1. The summed E-state index contributed by atoms with van der Waals surface area (Å²) in [5.74, 6) is 0. The molecule has 246 valence electrons. The van der Waals surface area contributed by atoms with Gasteiger partial charge in [0.05, 0.1) is 0 Å². The van der Waals surface area contributed by atoms with Crippen molar-refractivity contribution in [3.8, 4) is 55.6 Å². The Morgan fingerprint density at radius 1 is 0.283 bits per heavy atom. The predicted molar refractivity (Wildman–Crippen MR) is 225 cm³/mol. The van der Waals surface area contributed by atoms with E-state index in [1.54, 1.807) is 0 Å². The minimum atomic E-state index is 0.927. The van der Waals surface area contributed by atoms with E-state index in [0.29, 0.717) is 0 Å². The highest BCUT2D eigenvalue weighted by Gasteiger charge is 2.24. The van der Waals surface area contributed by atoms with Gasteiger partial charge in [-0.2, -0.15) is 0 Å². The van der Waals surface area contributed by atoms with Crippen LogP contribution in [0.15, 0.2) is 199 Å². The van der Waals surface area contributed by atoms with Gasteiger partial charge in [-0.25, -0.2) is 0 Å². The van der Waals surface area contributed by atoms with E-state index in [1.165, 1.54) is 87.6 Å². The lowest BCUT2D eigenvalue weighted by atomic mass is 9.82. The number of hydrogen-bond acceptors (Lipinski definition) is 1. The van der Waals surface area contributed by atoms with E-state index in [0.717, 1.165) is 22.3 Å². The Labute approximate surface area is 307 Å². The topological polar surface area (TPSA) is 13.1 Å². The zero-order valence-corrected chi connectivity index (χ0v) is 28.9. The van der Waals surface area contributed by atoms with Crippen molar-refractivity contribution in [3.05, 3.63) is 194 Å². The molecule has 11 rings (SSSR count). The van der Waals surface area contributed by atoms with Gasteiger partial charge in [-0.15, -0.1) is 0 Å². The van der Waals surface area contributed by atoms with Crippen LogP contribution in [-0.4, -0.2) is 0 Å². The maximum Gasteiger partial charge on any atom is 0.143 e. The Bertz CT molecular complexity index is 3080. The fourth-order valence-electron chi connectivity index (χ4n) is 8.71. The van der Waals surface area contributed by atoms with Gasteiger partial charge in [0, 0.05) is 16.3 Å². The predicted octanol–water partition coefficient (Wildman–Crippen LogP) is 14.8. The number of benzene rings is 10. The first-order valence-electron chi connectivity index (χ1n) is 18.3. The molecule has 0 aliphatic carbocycles. The number of furan rings is 1. The molecule has 0 unspecified atom stereocenters. The second-order valence-electron chi connectivity index (χ2n) is 13.9. The molecule has 0 aliphatic heterocycles. The Balaban J connectivity index is 1.19. The highest BCUT2D eigenvalue weighted by Crippen LogP contribution is 2.50. The largest absolute Gasteiger partial charge is 0.455 e. The Morgan fingerprint density at radius 3 is 1.45 bits per heavy atom. The van der Waals surface area contributed by atoms with Crippen LogP contribution in [0, 0.1) is 0 Å². The Kier molecular flexibility index (Phi) is 6.62. The zero-order valence-electron chi connectivity index (χ0n) is 28.9. The van der Waals surface area contributed by atoms with Gasteiger partial charge in [-0.1, -0.05) is 176 Å². The molecule has 1 heteroatoms. The summed E-state index contributed by atoms with van der Waals surface area (Å²) in [6.45, 7) is 0. The number of rotatable bonds is 5. The fourth-order valence-corrected chi connectivity index (χ4v) is 8.71. The molecule has 0 spiro atoms. The molecular formula is C52H32O. The first-order chi connectivity index (χ1) is 26.3. The van der Waals surface area contributed by atoms with E-state index in [1.807, 2.05) is 0 Å². The molecule has 53 heavy (non-hydrogen) atoms. The first kappa shape index (κ1) is 29.7. The molecule has 0 fully saturated rings. The summed E-state index contributed by atoms with van der Waals surface area (Å²) in [5, 5.41) is 9.73. The van der Waals surface area contributed by atoms with Crippen LogP contribution >= 0.6 is 0 Å². The summed E-state index contributed by atoms with van der Waals surface area (Å²) in [7, 11) is 0. The van der Waals surface area contributed by atoms with Crippen molar-refractivity contribution in [2.45, 2.75) is 0 Å². The summed E-state index contributed by atoms with van der Waals surface area (Å²) in [6, 6.07) is 70.4. The quantitative estimate of drug-likeness (QED) is 0.131. The molecule has 0 saturated carbocycles. The van der Waals surface area contributed by atoms with Crippen LogP contribution in [0.5, 0.6) is 0 Å². The van der Waals surface area contributed by atoms with Crippen molar-refractivity contribution in [1.82, 2.24) is 0 Å². The maximum absolute atomic E-state index is 6.73. The highest BCUT2D eigenvalue weighted by molar-refractivity contribution is 6.31. The van der Waals surface area contributed by atoms with Crippen LogP contribution in [0.4, 0.5) is 0 Å². The lowest BCUT2D eigenvalue weighted by molar-refractivity contribution is 0.670. The molecule has 1 nitrogen and oxygen atoms in total. The van der Waals surface area contributed by atoms with Crippen molar-refractivity contribution in [3.63, 3.8) is 0 Å². The van der Waals surface area contributed by atoms with Gasteiger partial charge < -0.3 is 4.42 Å². The van der Waals surface area contributed by atoms with Gasteiger partial charge >= 0.3 is 0 Å². The summed E-state index contributed by atoms with van der Waals surface area (Å²) in [4.78, 5) is 0. The standard InChI is InChI=1S/C52H32O/c1-3-14-33(15-4-1)34-26-28-36(29-27-34)38-19-7-8-20-40(38)49-41-21-9-11-23-43(41)50(44-24-12-10-22-42(44)49)46-32-37-18-13-25-47-48(37)51-45(46)31-30-39(52(51)53-47)35-16-5-2-6-17-35/h1-32H. The van der Waals surface area contributed by atoms with Gasteiger partial charge in [0.25, 0.3) is 0 Å². The molecule has 10 aromatic carbocycles. The molecule has 0 aliphatic rings. The Morgan fingerprint density at radius 2 is 0.792 bits per heavy atom. The van der Waals surface area contributed by atoms with Gasteiger partial charge in [0.2, 0.25) is 0 Å². The first-order valence-corrected chi connectivity index (χ1v) is 18.3. The molecule has 0 bridgehead atoms. The molecule has 0 amide bonds. The molecule has 0 radical (unpaired) electrons. The van der Waals surface area contributed by atoms with Crippen molar-refractivity contribution in [2.75, 3.05) is 0 Å². The van der Waals surface area contributed by atoms with E-state index in [9.17, 15) is 0 Å². The Hall–Kier alpha value is -6.96. The van der Waals surface area contributed by atoms with Crippen LogP contribution in [-0.2, 0) is 0 Å². The average molecular weight is 673 g/mol. The van der Waals surface area contributed by atoms with E-state index in [4.69, 9.17) is 4.42 Å². The lowest BCUT2D eigenvalue weighted by Gasteiger charge is -2.21. The normalized spacial score (nSPS) is 11.8. The van der Waals surface area contributed by atoms with Gasteiger partial charge in [0.15, 0.2) is 0 Å². The summed E-state index contributed by atoms with van der Waals surface area (Å²) in [5.41, 5.74) is 14.0. The molecule has 11 aromatic rings. The van der Waals surface area contributed by atoms with Crippen molar-refractivity contribution < 1.29 is 4.42 Å². The van der Waals surface area contributed by atoms with Crippen molar-refractivity contribution in [2.24, 2.45) is 0 Å². The third-order valence-electron chi connectivity index (χ3n) is 11.1. The smallest absolute Gasteiger partial charge is 0.143 e. The monoisotopic (exact) mass is 672 g/mol. The minimum Gasteiger partial charge on any atom is -0.455 e. The minimum absolute atomic E-state index is 0.927. The third kappa shape index (κ3) is 4.58. The van der Waals surface area contributed by atoms with Crippen LogP contribution in [0.2, 0.25) is 0 Å². The molecule has 1 aromatic heterocycles. The van der Waals surface area contributed by atoms with E-state index < -0.39 is 0 Å². The summed E-state index contributed by atoms with van der Waals surface area (Å²) in [6.07, 6.45) is 0. The molecule has 1 heterocycles. The number of fused-ring (bicyclic) bond motifs is 2. The summed E-state index contributed by atoms with van der Waals surface area (Å²) >= 11 is 0. The van der Waals surface area contributed by atoms with E-state index in [-0.39, 0.29) is 0 Å². The summed E-state index contributed by atoms with van der Waals surface area (Å²) < 4.78 is 6.73. The zero-order chi connectivity index (χ0) is 34.9. The van der Waals surface area contributed by atoms with Crippen LogP contribution < -0.4 is 0 Å². The second-order valence-corrected chi connectivity index (χ2v) is 13.9. The van der Waals surface area contributed by atoms with Gasteiger partial charge in [-0.05, 0) is 101 Å². The van der Waals surface area contributed by atoms with Gasteiger partial charge in [0.1, 0.15) is 11.2 Å². The highest BCUT2D eigenvalue weighted by atomic mass is 16.3. The molecule has 0 N–H and O–H groups in total. The second kappa shape index (κ2) is 11.8. The molecule has 0 saturated heterocycles. The van der Waals surface area contributed by atoms with Crippen LogP contribution in [0.3, 0.4) is 0 Å². The molecular weight excluding hydrogens is 641 g/mol. The van der Waals surface area contributed by atoms with Crippen molar-refractivity contribution in [1.29, 1.82) is 0 Å². The third-order valence-corrected chi connectivity index (χ3v) is 11.1. The average Bonchev–Trinajstić information content (AvgIpc) is 3.63. The van der Waals surface area contributed by atoms with E-state index in [2.05, 4.69) is 194 Å². The van der Waals surface area contributed by atoms with Crippen LogP contribution in [0.25, 0.3) is 110 Å². The van der Waals surface area contributed by atoms with Crippen molar-refractivity contribution >= 4 is 54.3 Å².